The van der Waals surface area contributed by atoms with Gasteiger partial charge in [0.25, 0.3) is 0 Å². The Bertz CT molecular complexity index is 894. The molecule has 3 rings (SSSR count). The standard InChI is InChI=1S/C26H32O4/c1-18(2)26(28)30-17-23-16-22(10-12-25(23)29-14-13-27)24-11-9-21(15-19(24)3)20-7-5-4-6-8-20/h9-12,15-16,20,27H,1,4-8,13-14,17H2,2-3H3. The highest BCUT2D eigenvalue weighted by atomic mass is 16.5. The fraction of sp³-hybridized carbons (Fsp3) is 0.423. The number of aliphatic hydroxyl groups excluding tert-OH is 1. The van der Waals surface area contributed by atoms with Crippen LogP contribution >= 0.6 is 0 Å². The molecule has 4 heteroatoms. The lowest BCUT2D eigenvalue weighted by atomic mass is 9.83. The van der Waals surface area contributed by atoms with Crippen molar-refractivity contribution in [3.63, 3.8) is 0 Å². The predicted octanol–water partition coefficient (Wildman–Crippen LogP) is 5.70. The lowest BCUT2D eigenvalue weighted by molar-refractivity contribution is -0.140. The van der Waals surface area contributed by atoms with E-state index in [1.165, 1.54) is 43.2 Å². The molecule has 0 radical (unpaired) electrons. The number of esters is 1. The van der Waals surface area contributed by atoms with E-state index < -0.39 is 5.97 Å². The molecule has 1 N–H and O–H groups in total. The van der Waals surface area contributed by atoms with Crippen molar-refractivity contribution in [1.29, 1.82) is 0 Å². The minimum atomic E-state index is -0.429. The van der Waals surface area contributed by atoms with Crippen LogP contribution in [-0.4, -0.2) is 24.3 Å². The van der Waals surface area contributed by atoms with Crippen molar-refractivity contribution >= 4 is 5.97 Å². The molecule has 0 aliphatic heterocycles. The molecule has 0 spiro atoms. The summed E-state index contributed by atoms with van der Waals surface area (Å²) in [6.07, 6.45) is 6.58. The summed E-state index contributed by atoms with van der Waals surface area (Å²) >= 11 is 0. The third-order valence-corrected chi connectivity index (χ3v) is 5.75. The summed E-state index contributed by atoms with van der Waals surface area (Å²) in [6.45, 7) is 7.61. The van der Waals surface area contributed by atoms with Gasteiger partial charge in [0.15, 0.2) is 0 Å². The Labute approximate surface area is 179 Å². The topological polar surface area (TPSA) is 55.8 Å². The number of ether oxygens (including phenoxy) is 2. The molecule has 1 aliphatic carbocycles. The zero-order chi connectivity index (χ0) is 21.5. The van der Waals surface area contributed by atoms with Crippen LogP contribution in [0.25, 0.3) is 11.1 Å². The van der Waals surface area contributed by atoms with Crippen molar-refractivity contribution in [2.75, 3.05) is 13.2 Å². The second kappa shape index (κ2) is 10.4. The molecule has 0 saturated heterocycles. The quantitative estimate of drug-likeness (QED) is 0.450. The number of aliphatic hydroxyl groups is 1. The largest absolute Gasteiger partial charge is 0.491 e. The van der Waals surface area contributed by atoms with Crippen molar-refractivity contribution in [1.82, 2.24) is 0 Å². The van der Waals surface area contributed by atoms with E-state index in [1.54, 1.807) is 6.92 Å². The highest BCUT2D eigenvalue weighted by molar-refractivity contribution is 5.87. The number of rotatable bonds is 8. The van der Waals surface area contributed by atoms with Gasteiger partial charge in [-0.3, -0.25) is 0 Å². The third-order valence-electron chi connectivity index (χ3n) is 5.75. The van der Waals surface area contributed by atoms with Gasteiger partial charge in [0, 0.05) is 11.1 Å². The van der Waals surface area contributed by atoms with Crippen molar-refractivity contribution in [3.05, 3.63) is 65.2 Å². The molecule has 160 valence electrons. The molecule has 30 heavy (non-hydrogen) atoms. The first-order valence-corrected chi connectivity index (χ1v) is 10.8. The Morgan fingerprint density at radius 1 is 1.13 bits per heavy atom. The molecule has 1 aliphatic rings. The van der Waals surface area contributed by atoms with Crippen molar-refractivity contribution < 1.29 is 19.4 Å². The van der Waals surface area contributed by atoms with Crippen LogP contribution < -0.4 is 4.74 Å². The molecule has 2 aromatic rings. The molecule has 0 aromatic heterocycles. The second-order valence-electron chi connectivity index (χ2n) is 8.16. The lowest BCUT2D eigenvalue weighted by Crippen LogP contribution is -2.08. The number of benzene rings is 2. The molecule has 0 amide bonds. The van der Waals surface area contributed by atoms with Crippen LogP contribution in [-0.2, 0) is 16.1 Å². The third kappa shape index (κ3) is 5.51. The predicted molar refractivity (Wildman–Crippen MR) is 120 cm³/mol. The minimum absolute atomic E-state index is 0.0749. The number of aryl methyl sites for hydroxylation is 1. The molecule has 4 nitrogen and oxygen atoms in total. The summed E-state index contributed by atoms with van der Waals surface area (Å²) in [5.74, 6) is 0.859. The Morgan fingerprint density at radius 3 is 2.57 bits per heavy atom. The van der Waals surface area contributed by atoms with Crippen LogP contribution in [0.5, 0.6) is 5.75 Å². The zero-order valence-corrected chi connectivity index (χ0v) is 18.1. The van der Waals surface area contributed by atoms with Crippen LogP contribution in [0, 0.1) is 6.92 Å². The SMILES string of the molecule is C=C(C)C(=O)OCc1cc(-c2ccc(C3CCCCC3)cc2C)ccc1OCCO. The fourth-order valence-corrected chi connectivity index (χ4v) is 4.12. The van der Waals surface area contributed by atoms with E-state index >= 15 is 0 Å². The Morgan fingerprint density at radius 2 is 1.90 bits per heavy atom. The smallest absolute Gasteiger partial charge is 0.333 e. The Hall–Kier alpha value is -2.59. The van der Waals surface area contributed by atoms with Gasteiger partial charge in [0.2, 0.25) is 0 Å². The fourth-order valence-electron chi connectivity index (χ4n) is 4.12. The first kappa shape index (κ1) is 22.1. The van der Waals surface area contributed by atoms with Crippen LogP contribution in [0.15, 0.2) is 48.6 Å². The average Bonchev–Trinajstić information content (AvgIpc) is 2.76. The van der Waals surface area contributed by atoms with Crippen LogP contribution in [0.4, 0.5) is 0 Å². The van der Waals surface area contributed by atoms with Crippen molar-refractivity contribution in [3.8, 4) is 16.9 Å². The van der Waals surface area contributed by atoms with Crippen LogP contribution in [0.2, 0.25) is 0 Å². The van der Waals surface area contributed by atoms with Gasteiger partial charge in [-0.25, -0.2) is 4.79 Å². The summed E-state index contributed by atoms with van der Waals surface area (Å²) in [7, 11) is 0. The van der Waals surface area contributed by atoms with E-state index in [4.69, 9.17) is 14.6 Å². The Kier molecular flexibility index (Phi) is 7.69. The lowest BCUT2D eigenvalue weighted by Gasteiger charge is -2.23. The van der Waals surface area contributed by atoms with Crippen LogP contribution in [0.3, 0.4) is 0 Å². The molecule has 1 saturated carbocycles. The molecule has 2 aromatic carbocycles. The maximum absolute atomic E-state index is 11.8. The van der Waals surface area contributed by atoms with Crippen molar-refractivity contribution in [2.24, 2.45) is 0 Å². The van der Waals surface area contributed by atoms with E-state index in [1.807, 2.05) is 18.2 Å². The highest BCUT2D eigenvalue weighted by Crippen LogP contribution is 2.36. The second-order valence-corrected chi connectivity index (χ2v) is 8.16. The summed E-state index contributed by atoms with van der Waals surface area (Å²) in [4.78, 5) is 11.8. The summed E-state index contributed by atoms with van der Waals surface area (Å²) in [5, 5.41) is 9.09. The van der Waals surface area contributed by atoms with Gasteiger partial charge in [-0.05, 0) is 67.0 Å². The van der Waals surface area contributed by atoms with E-state index in [0.29, 0.717) is 17.2 Å². The van der Waals surface area contributed by atoms with Gasteiger partial charge in [-0.15, -0.1) is 0 Å². The minimum Gasteiger partial charge on any atom is -0.491 e. The Balaban J connectivity index is 1.86. The molecule has 0 unspecified atom stereocenters. The molecular formula is C26H32O4. The zero-order valence-electron chi connectivity index (χ0n) is 18.1. The molecule has 0 heterocycles. The first-order chi connectivity index (χ1) is 14.5. The number of hydrogen-bond acceptors (Lipinski definition) is 4. The average molecular weight is 409 g/mol. The maximum Gasteiger partial charge on any atom is 0.333 e. The number of carbonyl (C=O) groups excluding carboxylic acids is 1. The van der Waals surface area contributed by atoms with E-state index in [2.05, 4.69) is 31.7 Å². The number of carbonyl (C=O) groups is 1. The molecular weight excluding hydrogens is 376 g/mol. The molecule has 0 bridgehead atoms. The van der Waals surface area contributed by atoms with Gasteiger partial charge in [0.1, 0.15) is 19.0 Å². The van der Waals surface area contributed by atoms with E-state index in [-0.39, 0.29) is 19.8 Å². The van der Waals surface area contributed by atoms with Gasteiger partial charge in [0.05, 0.1) is 6.61 Å². The normalized spacial score (nSPS) is 14.4. The molecule has 0 atom stereocenters. The number of hydrogen-bond donors (Lipinski definition) is 1. The summed E-state index contributed by atoms with van der Waals surface area (Å²) < 4.78 is 11.0. The first-order valence-electron chi connectivity index (χ1n) is 10.8. The van der Waals surface area contributed by atoms with Gasteiger partial charge in [-0.2, -0.15) is 0 Å². The van der Waals surface area contributed by atoms with Gasteiger partial charge >= 0.3 is 5.97 Å². The maximum atomic E-state index is 11.8. The summed E-state index contributed by atoms with van der Waals surface area (Å²) in [5.41, 5.74) is 6.03. The van der Waals surface area contributed by atoms with E-state index in [0.717, 1.165) is 16.7 Å². The monoisotopic (exact) mass is 408 g/mol. The molecule has 1 fully saturated rings. The van der Waals surface area contributed by atoms with Gasteiger partial charge < -0.3 is 14.6 Å². The highest BCUT2D eigenvalue weighted by Gasteiger charge is 2.17. The van der Waals surface area contributed by atoms with Gasteiger partial charge in [-0.1, -0.05) is 50.1 Å². The van der Waals surface area contributed by atoms with E-state index in [9.17, 15) is 4.79 Å². The summed E-state index contributed by atoms with van der Waals surface area (Å²) in [6, 6.07) is 12.7. The van der Waals surface area contributed by atoms with Crippen LogP contribution in [0.1, 0.15) is 61.6 Å². The van der Waals surface area contributed by atoms with Crippen molar-refractivity contribution in [2.45, 2.75) is 58.5 Å².